The molecule has 4 rings (SSSR count). The zero-order chi connectivity index (χ0) is 36.7. The summed E-state index contributed by atoms with van der Waals surface area (Å²) in [5.74, 6) is 2.09. The predicted molar refractivity (Wildman–Crippen MR) is 206 cm³/mol. The van der Waals surface area contributed by atoms with Crippen molar-refractivity contribution in [2.24, 2.45) is 23.7 Å². The van der Waals surface area contributed by atoms with Crippen molar-refractivity contribution in [3.63, 3.8) is 0 Å². The van der Waals surface area contributed by atoms with Gasteiger partial charge in [0.25, 0.3) is 0 Å². The number of aryl methyl sites for hydroxylation is 2. The fourth-order valence-electron chi connectivity index (χ4n) is 10.1. The number of aromatic nitrogens is 2. The van der Waals surface area contributed by atoms with Crippen molar-refractivity contribution in [2.75, 3.05) is 0 Å². The summed E-state index contributed by atoms with van der Waals surface area (Å²) in [6.45, 7) is 24.3. The molecule has 0 aromatic carbocycles. The molecule has 2 atom stereocenters. The Labute approximate surface area is 305 Å². The SMILES string of the molecule is CCCC(CC[n+]1ccc(-c2cc[n+](CCC(CCC)C(=O)CC3CC(C)(C)NC(C)(C)C3)cc2)cc1)C(=O)CC1CC(C)(C)NC(C)(C)C1. The van der Waals surface area contributed by atoms with Crippen molar-refractivity contribution in [3.05, 3.63) is 49.1 Å². The van der Waals surface area contributed by atoms with Crippen LogP contribution in [0, 0.1) is 23.7 Å². The van der Waals surface area contributed by atoms with Crippen molar-refractivity contribution < 1.29 is 18.7 Å². The van der Waals surface area contributed by atoms with Gasteiger partial charge in [0.05, 0.1) is 0 Å². The highest BCUT2D eigenvalue weighted by atomic mass is 16.1. The number of rotatable bonds is 17. The smallest absolute Gasteiger partial charge is 0.169 e. The molecule has 4 heterocycles. The summed E-state index contributed by atoms with van der Waals surface area (Å²) in [7, 11) is 0. The molecule has 2 fully saturated rings. The maximum Gasteiger partial charge on any atom is 0.169 e. The fourth-order valence-corrected chi connectivity index (χ4v) is 10.1. The number of hydrogen-bond donors (Lipinski definition) is 2. The van der Waals surface area contributed by atoms with Crippen LogP contribution in [0.2, 0.25) is 0 Å². The molecular weight excluding hydrogens is 617 g/mol. The summed E-state index contributed by atoms with van der Waals surface area (Å²) in [4.78, 5) is 27.1. The van der Waals surface area contributed by atoms with Crippen LogP contribution in [0.5, 0.6) is 0 Å². The lowest BCUT2D eigenvalue weighted by Gasteiger charge is -2.46. The molecular formula is C44H72N4O2+2. The molecule has 2 unspecified atom stereocenters. The number of Topliss-reactive ketones (excluding diaryl/α,β-unsaturated/α-hetero) is 2. The van der Waals surface area contributed by atoms with Crippen LogP contribution in [0.15, 0.2) is 49.1 Å². The predicted octanol–water partition coefficient (Wildman–Crippen LogP) is 8.57. The zero-order valence-corrected chi connectivity index (χ0v) is 33.5. The third kappa shape index (κ3) is 12.4. The highest BCUT2D eigenvalue weighted by molar-refractivity contribution is 5.81. The first-order valence-corrected chi connectivity index (χ1v) is 20.0. The standard InChI is InChI=1S/C44H72N4O2/c1-11-13-37(39(49)27-33-29-41(3,4)45-42(5,6)30-33)19-25-47-21-15-35(16-22-47)36-17-23-48(24-18-36)26-20-38(14-12-2)40(50)28-34-31-43(7,8)46-44(9,10)32-34/h15-18,21-24,33-34,37-38,45-46H,11-14,19-20,25-32H2,1-10H3/q+2. The Kier molecular flexibility index (Phi) is 13.7. The number of nitrogens with zero attached hydrogens (tertiary/aromatic N) is 2. The van der Waals surface area contributed by atoms with Crippen LogP contribution >= 0.6 is 0 Å². The van der Waals surface area contributed by atoms with Gasteiger partial charge in [-0.2, -0.15) is 0 Å². The van der Waals surface area contributed by atoms with E-state index >= 15 is 0 Å². The lowest BCUT2D eigenvalue weighted by molar-refractivity contribution is -0.698. The average molecular weight is 689 g/mol. The Bertz CT molecular complexity index is 1250. The average Bonchev–Trinajstić information content (AvgIpc) is 2.98. The number of piperidine rings is 2. The molecule has 6 nitrogen and oxygen atoms in total. The topological polar surface area (TPSA) is 66.0 Å². The number of pyridine rings is 2. The van der Waals surface area contributed by atoms with Crippen LogP contribution in [0.25, 0.3) is 11.1 Å². The highest BCUT2D eigenvalue weighted by Gasteiger charge is 2.40. The quantitative estimate of drug-likeness (QED) is 0.164. The Morgan fingerprint density at radius 1 is 0.580 bits per heavy atom. The number of ketones is 2. The van der Waals surface area contributed by atoms with Gasteiger partial charge >= 0.3 is 0 Å². The first-order chi connectivity index (χ1) is 23.4. The molecule has 2 aliphatic rings. The van der Waals surface area contributed by atoms with Gasteiger partial charge in [-0.05, 0) is 117 Å². The van der Waals surface area contributed by atoms with Crippen LogP contribution in [0.3, 0.4) is 0 Å². The summed E-state index contributed by atoms with van der Waals surface area (Å²) in [5.41, 5.74) is 2.68. The zero-order valence-electron chi connectivity index (χ0n) is 33.5. The van der Waals surface area contributed by atoms with Gasteiger partial charge in [0, 0.05) is 83.9 Å². The van der Waals surface area contributed by atoms with Gasteiger partial charge in [-0.1, -0.05) is 26.7 Å². The monoisotopic (exact) mass is 689 g/mol. The normalized spacial score (nSPS) is 21.4. The van der Waals surface area contributed by atoms with E-state index in [4.69, 9.17) is 0 Å². The molecule has 0 amide bonds. The minimum atomic E-state index is 0.0733. The van der Waals surface area contributed by atoms with E-state index in [0.717, 1.165) is 77.3 Å². The molecule has 50 heavy (non-hydrogen) atoms. The molecule has 0 spiro atoms. The summed E-state index contributed by atoms with van der Waals surface area (Å²) < 4.78 is 4.46. The summed E-state index contributed by atoms with van der Waals surface area (Å²) in [6.07, 6.45) is 20.1. The first kappa shape index (κ1) is 40.3. The molecule has 0 saturated carbocycles. The van der Waals surface area contributed by atoms with Gasteiger partial charge in [-0.3, -0.25) is 9.59 Å². The van der Waals surface area contributed by atoms with Crippen molar-refractivity contribution in [1.29, 1.82) is 0 Å². The van der Waals surface area contributed by atoms with E-state index in [9.17, 15) is 9.59 Å². The molecule has 2 saturated heterocycles. The Morgan fingerprint density at radius 2 is 0.880 bits per heavy atom. The van der Waals surface area contributed by atoms with Gasteiger partial charge in [0.1, 0.15) is 24.7 Å². The molecule has 6 heteroatoms. The minimum Gasteiger partial charge on any atom is -0.307 e. The van der Waals surface area contributed by atoms with Crippen LogP contribution in [-0.4, -0.2) is 33.7 Å². The van der Waals surface area contributed by atoms with Gasteiger partial charge < -0.3 is 10.6 Å². The summed E-state index contributed by atoms with van der Waals surface area (Å²) in [6, 6.07) is 8.76. The Balaban J connectivity index is 1.28. The second-order valence-electron chi connectivity index (χ2n) is 18.9. The maximum absolute atomic E-state index is 13.5. The number of nitrogens with one attached hydrogen (secondary N) is 2. The first-order valence-electron chi connectivity index (χ1n) is 20.0. The second-order valence-corrected chi connectivity index (χ2v) is 18.9. The van der Waals surface area contributed by atoms with Crippen LogP contribution < -0.4 is 19.8 Å². The lowest BCUT2D eigenvalue weighted by atomic mass is 9.73. The number of hydrogen-bond acceptors (Lipinski definition) is 4. The third-order valence-corrected chi connectivity index (χ3v) is 11.3. The van der Waals surface area contributed by atoms with Crippen molar-refractivity contribution in [2.45, 2.75) is 182 Å². The van der Waals surface area contributed by atoms with Crippen molar-refractivity contribution in [3.8, 4) is 11.1 Å². The molecule has 2 N–H and O–H groups in total. The Hall–Kier alpha value is -2.44. The van der Waals surface area contributed by atoms with Crippen LogP contribution in [0.4, 0.5) is 0 Å². The van der Waals surface area contributed by atoms with Crippen LogP contribution in [0.1, 0.15) is 146 Å². The third-order valence-electron chi connectivity index (χ3n) is 11.3. The summed E-state index contributed by atoms with van der Waals surface area (Å²) >= 11 is 0. The maximum atomic E-state index is 13.5. The second kappa shape index (κ2) is 16.9. The molecule has 0 radical (unpaired) electrons. The van der Waals surface area contributed by atoms with E-state index < -0.39 is 0 Å². The lowest BCUT2D eigenvalue weighted by Crippen LogP contribution is -2.58. The van der Waals surface area contributed by atoms with E-state index in [1.165, 1.54) is 11.1 Å². The molecule has 0 aliphatic carbocycles. The van der Waals surface area contributed by atoms with E-state index in [1.54, 1.807) is 0 Å². The van der Waals surface area contributed by atoms with Crippen LogP contribution in [-0.2, 0) is 22.7 Å². The number of carbonyl (C=O) groups is 2. The van der Waals surface area contributed by atoms with Gasteiger partial charge in [0.2, 0.25) is 0 Å². The van der Waals surface area contributed by atoms with E-state index in [2.05, 4.69) is 138 Å². The van der Waals surface area contributed by atoms with E-state index in [0.29, 0.717) is 36.2 Å². The van der Waals surface area contributed by atoms with Gasteiger partial charge in [-0.15, -0.1) is 0 Å². The number of carbonyl (C=O) groups excluding carboxylic acids is 2. The summed E-state index contributed by atoms with van der Waals surface area (Å²) in [5, 5.41) is 7.52. The van der Waals surface area contributed by atoms with Crippen molar-refractivity contribution in [1.82, 2.24) is 10.6 Å². The van der Waals surface area contributed by atoms with Gasteiger partial charge in [0.15, 0.2) is 24.8 Å². The molecule has 278 valence electrons. The molecule has 2 aliphatic heterocycles. The Morgan fingerprint density at radius 3 is 1.16 bits per heavy atom. The highest BCUT2D eigenvalue weighted by Crippen LogP contribution is 2.37. The van der Waals surface area contributed by atoms with E-state index in [-0.39, 0.29) is 34.0 Å². The largest absolute Gasteiger partial charge is 0.307 e. The molecule has 0 bridgehead atoms. The minimum absolute atomic E-state index is 0.0733. The van der Waals surface area contributed by atoms with Gasteiger partial charge in [-0.25, -0.2) is 9.13 Å². The molecule has 2 aromatic heterocycles. The van der Waals surface area contributed by atoms with E-state index in [1.807, 2.05) is 0 Å². The molecule has 2 aromatic rings. The fraction of sp³-hybridized carbons (Fsp3) is 0.727. The van der Waals surface area contributed by atoms with Crippen molar-refractivity contribution >= 4 is 11.6 Å².